The van der Waals surface area contributed by atoms with E-state index in [9.17, 15) is 15.0 Å². The van der Waals surface area contributed by atoms with Crippen LogP contribution in [0.4, 0.5) is 0 Å². The Morgan fingerprint density at radius 1 is 1.07 bits per heavy atom. The van der Waals surface area contributed by atoms with E-state index < -0.39 is 5.97 Å². The van der Waals surface area contributed by atoms with Crippen LogP contribution in [0.15, 0.2) is 40.8 Å². The second-order valence-electron chi connectivity index (χ2n) is 9.67. The summed E-state index contributed by atoms with van der Waals surface area (Å²) in [5.41, 5.74) is 3.46. The molecule has 2 aromatic carbocycles. The van der Waals surface area contributed by atoms with Crippen LogP contribution in [0.2, 0.25) is 0 Å². The Morgan fingerprint density at radius 3 is 2.13 bits per heavy atom. The number of phenolic OH excluding ortho intramolecular Hbond substituents is 1. The fraction of sp³-hybridized carbons (Fsp3) is 0.360. The molecule has 5 nitrogen and oxygen atoms in total. The van der Waals surface area contributed by atoms with E-state index >= 15 is 0 Å². The number of nitrogens with zero attached hydrogens (tertiary/aromatic N) is 1. The molecule has 3 rings (SSSR count). The molecule has 5 heteroatoms. The van der Waals surface area contributed by atoms with Crippen LogP contribution in [-0.4, -0.2) is 16.1 Å². The van der Waals surface area contributed by atoms with Gasteiger partial charge in [-0.3, -0.25) is 0 Å². The van der Waals surface area contributed by atoms with Crippen molar-refractivity contribution in [2.75, 3.05) is 0 Å². The van der Waals surface area contributed by atoms with Crippen molar-refractivity contribution >= 4 is 28.7 Å². The van der Waals surface area contributed by atoms with Crippen LogP contribution in [0, 0.1) is 0 Å². The summed E-state index contributed by atoms with van der Waals surface area (Å²) in [5.74, 6) is -0.687. The van der Waals surface area contributed by atoms with Crippen LogP contribution in [0.5, 0.6) is 5.75 Å². The molecule has 1 N–H and O–H groups in total. The summed E-state index contributed by atoms with van der Waals surface area (Å²) in [4.78, 5) is 15.9. The second-order valence-corrected chi connectivity index (χ2v) is 9.67. The highest BCUT2D eigenvalue weighted by Crippen LogP contribution is 2.40. The van der Waals surface area contributed by atoms with Crippen molar-refractivity contribution in [3.8, 4) is 5.75 Å². The van der Waals surface area contributed by atoms with Crippen molar-refractivity contribution in [2.45, 2.75) is 58.8 Å². The maximum Gasteiger partial charge on any atom is 0.223 e. The van der Waals surface area contributed by atoms with Crippen molar-refractivity contribution in [3.63, 3.8) is 0 Å². The van der Waals surface area contributed by atoms with Crippen molar-refractivity contribution < 1.29 is 19.4 Å². The molecule has 0 saturated carbocycles. The lowest BCUT2D eigenvalue weighted by molar-refractivity contribution is -0.304. The third kappa shape index (κ3) is 4.56. The molecule has 0 bridgehead atoms. The number of carbonyl (C=O) groups is 1. The number of benzene rings is 2. The lowest BCUT2D eigenvalue weighted by Gasteiger charge is -2.28. The Morgan fingerprint density at radius 2 is 1.63 bits per heavy atom. The lowest BCUT2D eigenvalue weighted by Crippen LogP contribution is -2.22. The first-order valence-corrected chi connectivity index (χ1v) is 10.0. The van der Waals surface area contributed by atoms with Gasteiger partial charge in [0.1, 0.15) is 11.3 Å². The molecular weight excluding hydrogens is 378 g/mol. The number of rotatable bonds is 4. The highest BCUT2D eigenvalue weighted by Gasteiger charge is 2.26. The fourth-order valence-electron chi connectivity index (χ4n) is 3.44. The summed E-state index contributed by atoms with van der Waals surface area (Å²) in [6, 6.07) is 11.1. The van der Waals surface area contributed by atoms with Gasteiger partial charge in [-0.15, -0.1) is 0 Å². The molecule has 0 unspecified atom stereocenters. The largest absolute Gasteiger partial charge is 0.550 e. The molecule has 0 atom stereocenters. The number of hydrogen-bond acceptors (Lipinski definition) is 5. The Hall–Kier alpha value is -3.08. The van der Waals surface area contributed by atoms with E-state index in [1.807, 2.05) is 71.9 Å². The van der Waals surface area contributed by atoms with Crippen LogP contribution in [0.1, 0.15) is 70.5 Å². The van der Waals surface area contributed by atoms with Gasteiger partial charge in [0, 0.05) is 29.1 Å². The molecule has 0 amide bonds. The Labute approximate surface area is 177 Å². The van der Waals surface area contributed by atoms with Gasteiger partial charge in [0.05, 0.1) is 0 Å². The summed E-state index contributed by atoms with van der Waals surface area (Å²) < 4.78 is 5.80. The first kappa shape index (κ1) is 21.6. The number of carboxylic acids is 1. The highest BCUT2D eigenvalue weighted by atomic mass is 16.4. The van der Waals surface area contributed by atoms with Crippen molar-refractivity contribution in [2.24, 2.45) is 0 Å². The molecule has 0 fully saturated rings. The van der Waals surface area contributed by atoms with Gasteiger partial charge < -0.3 is 19.4 Å². The minimum absolute atomic E-state index is 0.253. The predicted octanol–water partition coefficient (Wildman–Crippen LogP) is 4.81. The number of fused-ring (bicyclic) bond motifs is 1. The molecule has 1 heterocycles. The molecule has 0 aliphatic rings. The van der Waals surface area contributed by atoms with Crippen LogP contribution >= 0.6 is 0 Å². The molecule has 158 valence electrons. The number of aromatic hydroxyl groups is 1. The zero-order chi connectivity index (χ0) is 22.3. The molecule has 0 saturated heterocycles. The third-order valence-electron chi connectivity index (χ3n) is 4.99. The van der Waals surface area contributed by atoms with E-state index in [2.05, 4.69) is 4.98 Å². The van der Waals surface area contributed by atoms with Crippen LogP contribution < -0.4 is 5.11 Å². The van der Waals surface area contributed by atoms with Crippen LogP contribution in [0.3, 0.4) is 0 Å². The maximum absolute atomic E-state index is 11.4. The summed E-state index contributed by atoms with van der Waals surface area (Å²) in [7, 11) is 0. The Kier molecular flexibility index (Phi) is 5.50. The first-order chi connectivity index (χ1) is 13.9. The molecule has 30 heavy (non-hydrogen) atoms. The zero-order valence-corrected chi connectivity index (χ0v) is 18.4. The van der Waals surface area contributed by atoms with Crippen LogP contribution in [0.25, 0.3) is 22.7 Å². The summed E-state index contributed by atoms with van der Waals surface area (Å²) in [6.07, 6.45) is 1.42. The molecule has 3 aromatic rings. The summed E-state index contributed by atoms with van der Waals surface area (Å²) in [6.45, 7) is 12.2. The lowest BCUT2D eigenvalue weighted by atomic mass is 9.78. The van der Waals surface area contributed by atoms with E-state index in [0.717, 1.165) is 16.7 Å². The van der Waals surface area contributed by atoms with Gasteiger partial charge >= 0.3 is 0 Å². The molecule has 0 aliphatic carbocycles. The van der Waals surface area contributed by atoms with Gasteiger partial charge in [0.2, 0.25) is 5.89 Å². The topological polar surface area (TPSA) is 86.4 Å². The summed E-state index contributed by atoms with van der Waals surface area (Å²) in [5, 5.41) is 22.4. The highest BCUT2D eigenvalue weighted by molar-refractivity contribution is 5.90. The van der Waals surface area contributed by atoms with Gasteiger partial charge in [0.25, 0.3) is 0 Å². The summed E-state index contributed by atoms with van der Waals surface area (Å²) >= 11 is 0. The number of oxazole rings is 1. The van der Waals surface area contributed by atoms with E-state index in [1.54, 1.807) is 12.1 Å². The zero-order valence-electron chi connectivity index (χ0n) is 18.4. The number of phenols is 1. The number of hydrogen-bond donors (Lipinski definition) is 1. The van der Waals surface area contributed by atoms with Crippen molar-refractivity contribution in [1.82, 2.24) is 4.98 Å². The average Bonchev–Trinajstić information content (AvgIpc) is 3.04. The Balaban J connectivity index is 2.22. The minimum Gasteiger partial charge on any atom is -0.550 e. The van der Waals surface area contributed by atoms with E-state index in [0.29, 0.717) is 16.7 Å². The maximum atomic E-state index is 11.4. The van der Waals surface area contributed by atoms with Crippen molar-refractivity contribution in [1.29, 1.82) is 0 Å². The normalized spacial score (nSPS) is 13.1. The molecule has 0 spiro atoms. The third-order valence-corrected chi connectivity index (χ3v) is 4.99. The van der Waals surface area contributed by atoms with E-state index in [-0.39, 0.29) is 28.9 Å². The number of carboxylic acid groups (broad SMARTS) is 1. The predicted molar refractivity (Wildman–Crippen MR) is 117 cm³/mol. The SMILES string of the molecule is CC(C)(C)c1cc(/C=C(\CC(=O)[O-])c2nc3ccccc3o2)cc(C(C)(C)C)c1O. The quantitative estimate of drug-likeness (QED) is 0.672. The van der Waals surface area contributed by atoms with Gasteiger partial charge in [-0.2, -0.15) is 0 Å². The monoisotopic (exact) mass is 406 g/mol. The Bertz CT molecular complexity index is 1060. The van der Waals surface area contributed by atoms with E-state index in [1.165, 1.54) is 0 Å². The van der Waals surface area contributed by atoms with Gasteiger partial charge in [-0.1, -0.05) is 53.7 Å². The number of aliphatic carboxylic acids is 1. The fourth-order valence-corrected chi connectivity index (χ4v) is 3.44. The second kappa shape index (κ2) is 7.63. The molecular formula is C25H28NO4-. The van der Waals surface area contributed by atoms with Gasteiger partial charge in [-0.05, 0) is 46.7 Å². The minimum atomic E-state index is -1.21. The molecule has 1 aromatic heterocycles. The standard InChI is InChI=1S/C25H29NO4/c1-24(2,3)17-12-15(13-18(22(17)29)25(4,5)6)11-16(14-21(27)28)23-26-19-9-7-8-10-20(19)30-23/h7-13,29H,14H2,1-6H3,(H,27,28)/p-1/b16-11+. The average molecular weight is 407 g/mol. The number of para-hydroxylation sites is 2. The van der Waals surface area contributed by atoms with Crippen LogP contribution in [-0.2, 0) is 15.6 Å². The number of carbonyl (C=O) groups excluding carboxylic acids is 1. The first-order valence-electron chi connectivity index (χ1n) is 10.0. The van der Waals surface area contributed by atoms with E-state index in [4.69, 9.17) is 4.42 Å². The number of aromatic nitrogens is 1. The molecule has 0 radical (unpaired) electrons. The van der Waals surface area contributed by atoms with Gasteiger partial charge in [0.15, 0.2) is 5.58 Å². The van der Waals surface area contributed by atoms with Crippen molar-refractivity contribution in [3.05, 3.63) is 59.0 Å². The molecule has 0 aliphatic heterocycles. The van der Waals surface area contributed by atoms with Gasteiger partial charge in [-0.25, -0.2) is 4.98 Å². The smallest absolute Gasteiger partial charge is 0.223 e.